The average molecular weight is 203 g/mol. The topological polar surface area (TPSA) is 27.3 Å². The number of nitrogens with one attached hydrogen (secondary N) is 2. The van der Waals surface area contributed by atoms with Gasteiger partial charge >= 0.3 is 0 Å². The lowest BCUT2D eigenvalue weighted by Gasteiger charge is -2.29. The number of fused-ring (bicyclic) bond motifs is 1. The molecule has 3 heteroatoms. The van der Waals surface area contributed by atoms with E-state index < -0.39 is 0 Å². The van der Waals surface area contributed by atoms with Crippen molar-refractivity contribution in [3.05, 3.63) is 23.8 Å². The standard InChI is InChI=1S/C12H17N3/c1-2-12-10(3-4-14-12)9-11(1)15-7-5-13-6-8-15/h1-2,9,13-14H,3-8H2. The molecule has 0 saturated carbocycles. The lowest BCUT2D eigenvalue weighted by molar-refractivity contribution is 0.589. The van der Waals surface area contributed by atoms with Gasteiger partial charge in [0.25, 0.3) is 0 Å². The van der Waals surface area contributed by atoms with E-state index in [1.807, 2.05) is 0 Å². The molecule has 0 radical (unpaired) electrons. The van der Waals surface area contributed by atoms with Crippen LogP contribution in [0.5, 0.6) is 0 Å². The number of anilines is 2. The lowest BCUT2D eigenvalue weighted by Crippen LogP contribution is -2.43. The summed E-state index contributed by atoms with van der Waals surface area (Å²) in [5.74, 6) is 0. The molecule has 2 N–H and O–H groups in total. The summed E-state index contributed by atoms with van der Waals surface area (Å²) < 4.78 is 0. The van der Waals surface area contributed by atoms with Crippen LogP contribution in [0.15, 0.2) is 18.2 Å². The number of hydrogen-bond acceptors (Lipinski definition) is 3. The highest BCUT2D eigenvalue weighted by atomic mass is 15.2. The summed E-state index contributed by atoms with van der Waals surface area (Å²) in [7, 11) is 0. The Bertz CT molecular complexity index is 356. The maximum Gasteiger partial charge on any atom is 0.0375 e. The van der Waals surface area contributed by atoms with Gasteiger partial charge in [-0.15, -0.1) is 0 Å². The lowest BCUT2D eigenvalue weighted by atomic mass is 10.1. The van der Waals surface area contributed by atoms with Gasteiger partial charge in [-0.2, -0.15) is 0 Å². The van der Waals surface area contributed by atoms with Gasteiger partial charge in [0.2, 0.25) is 0 Å². The Hall–Kier alpha value is -1.22. The van der Waals surface area contributed by atoms with Crippen LogP contribution in [-0.2, 0) is 6.42 Å². The van der Waals surface area contributed by atoms with E-state index in [4.69, 9.17) is 0 Å². The van der Waals surface area contributed by atoms with Gasteiger partial charge in [0.15, 0.2) is 0 Å². The molecule has 1 aromatic carbocycles. The molecule has 0 aliphatic carbocycles. The van der Waals surface area contributed by atoms with Crippen LogP contribution in [0.1, 0.15) is 5.56 Å². The molecule has 3 rings (SSSR count). The first-order chi connectivity index (χ1) is 7.43. The number of nitrogens with zero attached hydrogens (tertiary/aromatic N) is 1. The first-order valence-electron chi connectivity index (χ1n) is 5.76. The second-order valence-electron chi connectivity index (χ2n) is 4.26. The van der Waals surface area contributed by atoms with Crippen molar-refractivity contribution < 1.29 is 0 Å². The maximum absolute atomic E-state index is 3.40. The highest BCUT2D eigenvalue weighted by Gasteiger charge is 2.14. The summed E-state index contributed by atoms with van der Waals surface area (Å²) >= 11 is 0. The summed E-state index contributed by atoms with van der Waals surface area (Å²) in [5, 5.41) is 6.78. The molecule has 1 saturated heterocycles. The minimum Gasteiger partial charge on any atom is -0.384 e. The molecule has 2 aliphatic heterocycles. The Morgan fingerprint density at radius 3 is 2.80 bits per heavy atom. The third-order valence-corrected chi connectivity index (χ3v) is 3.28. The SMILES string of the molecule is c1cc2c(cc1N1CCNCC1)CCN2. The third-order valence-electron chi connectivity index (χ3n) is 3.28. The molecular weight excluding hydrogens is 186 g/mol. The van der Waals surface area contributed by atoms with Crippen LogP contribution in [0, 0.1) is 0 Å². The normalized spacial score (nSPS) is 19.9. The number of rotatable bonds is 1. The largest absolute Gasteiger partial charge is 0.384 e. The first-order valence-corrected chi connectivity index (χ1v) is 5.76. The second-order valence-corrected chi connectivity index (χ2v) is 4.26. The summed E-state index contributed by atoms with van der Waals surface area (Å²) in [4.78, 5) is 2.47. The first kappa shape index (κ1) is 9.04. The van der Waals surface area contributed by atoms with Gasteiger partial charge in [-0.1, -0.05) is 0 Å². The van der Waals surface area contributed by atoms with Crippen LogP contribution in [0.4, 0.5) is 11.4 Å². The van der Waals surface area contributed by atoms with E-state index in [-0.39, 0.29) is 0 Å². The van der Waals surface area contributed by atoms with Crippen molar-refractivity contribution in [2.75, 3.05) is 42.9 Å². The van der Waals surface area contributed by atoms with E-state index in [0.29, 0.717) is 0 Å². The predicted octanol–water partition coefficient (Wildman–Crippen LogP) is 1.06. The van der Waals surface area contributed by atoms with Gasteiger partial charge in [0.1, 0.15) is 0 Å². The van der Waals surface area contributed by atoms with Crippen molar-refractivity contribution in [2.45, 2.75) is 6.42 Å². The molecule has 15 heavy (non-hydrogen) atoms. The average Bonchev–Trinajstić information content (AvgIpc) is 2.77. The van der Waals surface area contributed by atoms with Crippen LogP contribution in [0.3, 0.4) is 0 Å². The fourth-order valence-electron chi connectivity index (χ4n) is 2.41. The van der Waals surface area contributed by atoms with Crippen molar-refractivity contribution in [3.63, 3.8) is 0 Å². The van der Waals surface area contributed by atoms with Crippen molar-refractivity contribution in [2.24, 2.45) is 0 Å². The molecule has 2 heterocycles. The van der Waals surface area contributed by atoms with Gasteiger partial charge in [0, 0.05) is 44.1 Å². The van der Waals surface area contributed by atoms with Gasteiger partial charge in [-0.3, -0.25) is 0 Å². The van der Waals surface area contributed by atoms with Gasteiger partial charge < -0.3 is 15.5 Å². The quantitative estimate of drug-likeness (QED) is 0.715. The molecule has 0 atom stereocenters. The highest BCUT2D eigenvalue weighted by molar-refractivity contribution is 5.63. The molecule has 3 nitrogen and oxygen atoms in total. The second kappa shape index (κ2) is 3.74. The Kier molecular flexibility index (Phi) is 2.25. The minimum absolute atomic E-state index is 1.10. The molecule has 0 spiro atoms. The number of piperazine rings is 1. The minimum atomic E-state index is 1.10. The van der Waals surface area contributed by atoms with Crippen LogP contribution in [-0.4, -0.2) is 32.7 Å². The highest BCUT2D eigenvalue weighted by Crippen LogP contribution is 2.27. The molecule has 0 bridgehead atoms. The molecule has 2 aliphatic rings. The van der Waals surface area contributed by atoms with E-state index in [2.05, 4.69) is 33.7 Å². The van der Waals surface area contributed by atoms with Gasteiger partial charge in [-0.25, -0.2) is 0 Å². The van der Waals surface area contributed by atoms with E-state index >= 15 is 0 Å². The fraction of sp³-hybridized carbons (Fsp3) is 0.500. The molecule has 0 amide bonds. The zero-order valence-corrected chi connectivity index (χ0v) is 8.92. The van der Waals surface area contributed by atoms with Crippen LogP contribution in [0.25, 0.3) is 0 Å². The molecular formula is C12H17N3. The monoisotopic (exact) mass is 203 g/mol. The van der Waals surface area contributed by atoms with Crippen molar-refractivity contribution in [1.82, 2.24) is 5.32 Å². The summed E-state index contributed by atoms with van der Waals surface area (Å²) in [6.45, 7) is 5.57. The van der Waals surface area contributed by atoms with Crippen molar-refractivity contribution in [1.29, 1.82) is 0 Å². The molecule has 0 unspecified atom stereocenters. The Balaban J connectivity index is 1.85. The molecule has 1 aromatic rings. The van der Waals surface area contributed by atoms with Gasteiger partial charge in [0.05, 0.1) is 0 Å². The molecule has 0 aromatic heterocycles. The molecule has 80 valence electrons. The van der Waals surface area contributed by atoms with E-state index in [0.717, 1.165) is 32.7 Å². The summed E-state index contributed by atoms with van der Waals surface area (Å²) in [6, 6.07) is 6.81. The predicted molar refractivity (Wildman–Crippen MR) is 63.7 cm³/mol. The van der Waals surface area contributed by atoms with E-state index in [1.54, 1.807) is 0 Å². The van der Waals surface area contributed by atoms with Crippen molar-refractivity contribution in [3.8, 4) is 0 Å². The van der Waals surface area contributed by atoms with E-state index in [9.17, 15) is 0 Å². The fourth-order valence-corrected chi connectivity index (χ4v) is 2.41. The smallest absolute Gasteiger partial charge is 0.0375 e. The Morgan fingerprint density at radius 2 is 1.93 bits per heavy atom. The number of hydrogen-bond donors (Lipinski definition) is 2. The van der Waals surface area contributed by atoms with Gasteiger partial charge in [-0.05, 0) is 30.2 Å². The summed E-state index contributed by atoms with van der Waals surface area (Å²) in [5.41, 5.74) is 4.19. The zero-order chi connectivity index (χ0) is 10.1. The summed E-state index contributed by atoms with van der Waals surface area (Å²) in [6.07, 6.45) is 1.18. The van der Waals surface area contributed by atoms with Crippen LogP contribution < -0.4 is 15.5 Å². The Labute approximate surface area is 90.5 Å². The zero-order valence-electron chi connectivity index (χ0n) is 8.92. The van der Waals surface area contributed by atoms with Crippen molar-refractivity contribution >= 4 is 11.4 Å². The molecule has 1 fully saturated rings. The Morgan fingerprint density at radius 1 is 1.07 bits per heavy atom. The number of benzene rings is 1. The van der Waals surface area contributed by atoms with Crippen LogP contribution >= 0.6 is 0 Å². The third kappa shape index (κ3) is 1.67. The van der Waals surface area contributed by atoms with E-state index in [1.165, 1.54) is 23.4 Å². The maximum atomic E-state index is 3.40. The van der Waals surface area contributed by atoms with Crippen LogP contribution in [0.2, 0.25) is 0 Å².